The molecule has 1 aromatic carbocycles. The van der Waals surface area contributed by atoms with Crippen LogP contribution in [0.25, 0.3) is 0 Å². The van der Waals surface area contributed by atoms with Crippen LogP contribution in [0.3, 0.4) is 0 Å². The van der Waals surface area contributed by atoms with Crippen LogP contribution in [-0.4, -0.2) is 30.0 Å². The summed E-state index contributed by atoms with van der Waals surface area (Å²) in [7, 11) is 1.84. The van der Waals surface area contributed by atoms with Gasteiger partial charge in [0.1, 0.15) is 0 Å². The SMILES string of the molecule is CC[C@@H]1ON(C)[C@@H](c2ccccc2)[C@@]1(C)C(=O)NC(=O)C(C)(C)C. The summed E-state index contributed by atoms with van der Waals surface area (Å²) in [6, 6.07) is 9.55. The van der Waals surface area contributed by atoms with E-state index in [0.29, 0.717) is 6.42 Å². The minimum Gasteiger partial charge on any atom is -0.295 e. The smallest absolute Gasteiger partial charge is 0.237 e. The van der Waals surface area contributed by atoms with Crippen LogP contribution >= 0.6 is 0 Å². The molecule has 0 bridgehead atoms. The first-order chi connectivity index (χ1) is 11.1. The van der Waals surface area contributed by atoms with Gasteiger partial charge in [-0.3, -0.25) is 19.7 Å². The molecule has 0 spiro atoms. The number of amides is 2. The summed E-state index contributed by atoms with van der Waals surface area (Å²) in [5.74, 6) is -0.558. The monoisotopic (exact) mass is 332 g/mol. The van der Waals surface area contributed by atoms with Crippen LogP contribution in [0.15, 0.2) is 30.3 Å². The Morgan fingerprint density at radius 2 is 1.83 bits per heavy atom. The lowest BCUT2D eigenvalue weighted by molar-refractivity contribution is -0.149. The van der Waals surface area contributed by atoms with Gasteiger partial charge in [-0.15, -0.1) is 0 Å². The summed E-state index contributed by atoms with van der Waals surface area (Å²) < 4.78 is 0. The lowest BCUT2D eigenvalue weighted by Gasteiger charge is -2.33. The average molecular weight is 332 g/mol. The summed E-state index contributed by atoms with van der Waals surface area (Å²) >= 11 is 0. The highest BCUT2D eigenvalue weighted by Crippen LogP contribution is 2.49. The molecule has 5 heteroatoms. The number of benzene rings is 1. The maximum Gasteiger partial charge on any atom is 0.237 e. The van der Waals surface area contributed by atoms with E-state index in [1.807, 2.05) is 51.2 Å². The summed E-state index contributed by atoms with van der Waals surface area (Å²) in [4.78, 5) is 31.3. The number of hydroxylamine groups is 2. The Morgan fingerprint density at radius 3 is 2.33 bits per heavy atom. The molecule has 0 unspecified atom stereocenters. The van der Waals surface area contributed by atoms with Gasteiger partial charge in [0.15, 0.2) is 0 Å². The zero-order chi connectivity index (χ0) is 18.1. The molecule has 1 aromatic rings. The molecular formula is C19H28N2O3. The minimum atomic E-state index is -0.855. The molecule has 0 aromatic heterocycles. The minimum absolute atomic E-state index is 0.253. The number of carbonyl (C=O) groups is 2. The zero-order valence-electron chi connectivity index (χ0n) is 15.4. The number of rotatable bonds is 3. The van der Waals surface area contributed by atoms with Gasteiger partial charge in [-0.2, -0.15) is 5.06 Å². The molecule has 24 heavy (non-hydrogen) atoms. The fourth-order valence-electron chi connectivity index (χ4n) is 3.31. The van der Waals surface area contributed by atoms with Crippen molar-refractivity contribution in [3.05, 3.63) is 35.9 Å². The Bertz CT molecular complexity index is 609. The van der Waals surface area contributed by atoms with Crippen molar-refractivity contribution >= 4 is 11.8 Å². The van der Waals surface area contributed by atoms with Gasteiger partial charge >= 0.3 is 0 Å². The number of hydrogen-bond acceptors (Lipinski definition) is 4. The molecule has 2 rings (SSSR count). The van der Waals surface area contributed by atoms with E-state index in [4.69, 9.17) is 4.84 Å². The molecule has 0 saturated carbocycles. The van der Waals surface area contributed by atoms with Crippen LogP contribution in [0.1, 0.15) is 52.6 Å². The van der Waals surface area contributed by atoms with Crippen molar-refractivity contribution in [2.45, 2.75) is 53.2 Å². The number of carbonyl (C=O) groups excluding carboxylic acids is 2. The predicted molar refractivity (Wildman–Crippen MR) is 92.8 cm³/mol. The maximum atomic E-state index is 13.1. The second-order valence-corrected chi connectivity index (χ2v) is 7.68. The quantitative estimate of drug-likeness (QED) is 0.924. The summed E-state index contributed by atoms with van der Waals surface area (Å²) in [5, 5.41) is 4.34. The second-order valence-electron chi connectivity index (χ2n) is 7.68. The van der Waals surface area contributed by atoms with E-state index in [1.165, 1.54) is 0 Å². The summed E-state index contributed by atoms with van der Waals surface area (Å²) in [6.07, 6.45) is 0.391. The molecule has 2 amide bonds. The Labute approximate surface area is 144 Å². The zero-order valence-corrected chi connectivity index (χ0v) is 15.4. The molecule has 5 nitrogen and oxygen atoms in total. The molecule has 1 fully saturated rings. The van der Waals surface area contributed by atoms with E-state index < -0.39 is 10.8 Å². The first-order valence-electron chi connectivity index (χ1n) is 8.42. The maximum absolute atomic E-state index is 13.1. The van der Waals surface area contributed by atoms with Crippen LogP contribution < -0.4 is 5.32 Å². The molecule has 0 radical (unpaired) electrons. The fourth-order valence-corrected chi connectivity index (χ4v) is 3.31. The second kappa shape index (κ2) is 6.65. The number of imide groups is 1. The van der Waals surface area contributed by atoms with Gasteiger partial charge in [-0.1, -0.05) is 58.0 Å². The van der Waals surface area contributed by atoms with Crippen molar-refractivity contribution in [3.63, 3.8) is 0 Å². The first kappa shape index (κ1) is 18.6. The topological polar surface area (TPSA) is 58.6 Å². The van der Waals surface area contributed by atoms with Gasteiger partial charge in [0.05, 0.1) is 17.6 Å². The van der Waals surface area contributed by atoms with Gasteiger partial charge in [-0.25, -0.2) is 0 Å². The Morgan fingerprint density at radius 1 is 1.25 bits per heavy atom. The van der Waals surface area contributed by atoms with Crippen molar-refractivity contribution in [1.29, 1.82) is 0 Å². The van der Waals surface area contributed by atoms with Crippen LogP contribution in [0.4, 0.5) is 0 Å². The van der Waals surface area contributed by atoms with Crippen LogP contribution in [-0.2, 0) is 14.4 Å². The van der Waals surface area contributed by atoms with E-state index in [2.05, 4.69) is 5.32 Å². The van der Waals surface area contributed by atoms with Gasteiger partial charge in [0.25, 0.3) is 0 Å². The van der Waals surface area contributed by atoms with Crippen LogP contribution in [0.2, 0.25) is 0 Å². The van der Waals surface area contributed by atoms with Crippen molar-refractivity contribution in [2.24, 2.45) is 10.8 Å². The third-order valence-corrected chi connectivity index (χ3v) is 4.78. The molecule has 3 atom stereocenters. The van der Waals surface area contributed by atoms with E-state index in [0.717, 1.165) is 5.56 Å². The highest BCUT2D eigenvalue weighted by molar-refractivity contribution is 6.00. The Hall–Kier alpha value is -1.72. The number of nitrogens with zero attached hydrogens (tertiary/aromatic N) is 1. The van der Waals surface area contributed by atoms with Crippen LogP contribution in [0.5, 0.6) is 0 Å². The number of nitrogens with one attached hydrogen (secondary N) is 1. The molecule has 1 aliphatic heterocycles. The van der Waals surface area contributed by atoms with E-state index in [-0.39, 0.29) is 24.0 Å². The van der Waals surface area contributed by atoms with Gasteiger partial charge in [0, 0.05) is 12.5 Å². The lowest BCUT2D eigenvalue weighted by Crippen LogP contribution is -2.51. The summed E-state index contributed by atoms with van der Waals surface area (Å²) in [5.41, 5.74) is -0.482. The standard InChI is InChI=1S/C19H28N2O3/c1-7-14-19(5,17(23)20-16(22)18(2,3)4)15(21(6)24-14)13-11-9-8-10-12-13/h8-12,14-15H,7H2,1-6H3,(H,20,22,23)/t14-,15-,19-/m0/s1. The molecule has 1 aliphatic rings. The molecule has 1 saturated heterocycles. The molecular weight excluding hydrogens is 304 g/mol. The van der Waals surface area contributed by atoms with Gasteiger partial charge in [-0.05, 0) is 18.9 Å². The molecule has 0 aliphatic carbocycles. The van der Waals surface area contributed by atoms with E-state index in [9.17, 15) is 9.59 Å². The van der Waals surface area contributed by atoms with Crippen molar-refractivity contribution in [2.75, 3.05) is 7.05 Å². The van der Waals surface area contributed by atoms with Crippen LogP contribution in [0, 0.1) is 10.8 Å². The fraction of sp³-hybridized carbons (Fsp3) is 0.579. The van der Waals surface area contributed by atoms with Crippen molar-refractivity contribution in [1.82, 2.24) is 10.4 Å². The number of hydrogen-bond donors (Lipinski definition) is 1. The largest absolute Gasteiger partial charge is 0.295 e. The van der Waals surface area contributed by atoms with Gasteiger partial charge in [0.2, 0.25) is 11.8 Å². The van der Waals surface area contributed by atoms with E-state index in [1.54, 1.807) is 25.8 Å². The lowest BCUT2D eigenvalue weighted by atomic mass is 9.73. The van der Waals surface area contributed by atoms with Gasteiger partial charge < -0.3 is 0 Å². The highest BCUT2D eigenvalue weighted by Gasteiger charge is 2.56. The Kier molecular flexibility index (Phi) is 5.16. The normalized spacial score (nSPS) is 27.9. The first-order valence-corrected chi connectivity index (χ1v) is 8.42. The third kappa shape index (κ3) is 3.23. The van der Waals surface area contributed by atoms with Crippen molar-refractivity contribution in [3.8, 4) is 0 Å². The molecule has 1 heterocycles. The third-order valence-electron chi connectivity index (χ3n) is 4.78. The predicted octanol–water partition coefficient (Wildman–Crippen LogP) is 3.08. The summed E-state index contributed by atoms with van der Waals surface area (Å²) in [6.45, 7) is 9.25. The highest BCUT2D eigenvalue weighted by atomic mass is 16.7. The van der Waals surface area contributed by atoms with E-state index >= 15 is 0 Å². The van der Waals surface area contributed by atoms with Crippen molar-refractivity contribution < 1.29 is 14.4 Å². The molecule has 132 valence electrons. The Balaban J connectivity index is 2.40. The molecule has 1 N–H and O–H groups in total. The average Bonchev–Trinajstić information content (AvgIpc) is 2.78.